The number of para-hydroxylation sites is 1. The van der Waals surface area contributed by atoms with Gasteiger partial charge in [0.05, 0.1) is 35.5 Å². The van der Waals surface area contributed by atoms with Crippen LogP contribution in [0, 0.1) is 6.92 Å². The average Bonchev–Trinajstić information content (AvgIpc) is 3.15. The number of pyridine rings is 2. The maximum Gasteiger partial charge on any atom is 0.239 e. The highest BCUT2D eigenvalue weighted by Gasteiger charge is 2.10. The highest BCUT2D eigenvalue weighted by molar-refractivity contribution is 6.31. The zero-order valence-electron chi connectivity index (χ0n) is 16.9. The molecule has 0 saturated carbocycles. The number of fused-ring (bicyclic) bond motifs is 4. The summed E-state index contributed by atoms with van der Waals surface area (Å²) in [5.41, 5.74) is 5.47. The highest BCUT2D eigenvalue weighted by Crippen LogP contribution is 2.27. The van der Waals surface area contributed by atoms with Crippen molar-refractivity contribution in [1.29, 1.82) is 0 Å². The van der Waals surface area contributed by atoms with E-state index < -0.39 is 0 Å². The summed E-state index contributed by atoms with van der Waals surface area (Å²) in [7, 11) is 0. The fourth-order valence-corrected chi connectivity index (χ4v) is 4.03. The standard InChI is InChI=1S/C24H20ClN5O/c1-14-24-19(17-4-2-3-5-21(17)30-24)11-16(29-14)12-28-23(31)13-27-20-8-9-26-22-10-15(25)6-7-18(20)22/h2-11,30H,12-13H2,1H3,(H,26,27)(H,28,31). The first-order chi connectivity index (χ1) is 15.1. The normalized spacial score (nSPS) is 11.3. The number of H-pyrrole nitrogens is 1. The summed E-state index contributed by atoms with van der Waals surface area (Å²) in [5.74, 6) is -0.114. The number of nitrogens with one attached hydrogen (secondary N) is 3. The van der Waals surface area contributed by atoms with Crippen molar-refractivity contribution in [2.75, 3.05) is 11.9 Å². The molecule has 0 bridgehead atoms. The van der Waals surface area contributed by atoms with Crippen molar-refractivity contribution in [3.05, 3.63) is 77.2 Å². The van der Waals surface area contributed by atoms with Gasteiger partial charge in [-0.2, -0.15) is 0 Å². The summed E-state index contributed by atoms with van der Waals surface area (Å²) in [6.45, 7) is 2.49. The molecular formula is C24H20ClN5O. The van der Waals surface area contributed by atoms with E-state index in [0.717, 1.165) is 49.8 Å². The Hall–Kier alpha value is -3.64. The Morgan fingerprint density at radius 2 is 1.94 bits per heavy atom. The number of amides is 1. The molecule has 2 aromatic carbocycles. The Balaban J connectivity index is 1.29. The molecule has 0 aliphatic heterocycles. The molecule has 0 spiro atoms. The van der Waals surface area contributed by atoms with Crippen LogP contribution in [-0.2, 0) is 11.3 Å². The first kappa shape index (κ1) is 19.3. The molecule has 5 aromatic rings. The largest absolute Gasteiger partial charge is 0.376 e. The number of halogens is 1. The van der Waals surface area contributed by atoms with Crippen LogP contribution in [0.5, 0.6) is 0 Å². The van der Waals surface area contributed by atoms with Crippen LogP contribution in [0.15, 0.2) is 60.8 Å². The summed E-state index contributed by atoms with van der Waals surface area (Å²) in [6, 6.07) is 17.6. The third kappa shape index (κ3) is 3.78. The van der Waals surface area contributed by atoms with Gasteiger partial charge in [0, 0.05) is 38.6 Å². The SMILES string of the molecule is Cc1nc(CNC(=O)CNc2ccnc3cc(Cl)ccc23)cc2c1[nH]c1ccccc12. The number of carbonyl (C=O) groups excluding carboxylic acids is 1. The third-order valence-corrected chi connectivity index (χ3v) is 5.58. The van der Waals surface area contributed by atoms with Gasteiger partial charge in [0.2, 0.25) is 5.91 Å². The molecule has 0 aliphatic carbocycles. The Morgan fingerprint density at radius 3 is 2.84 bits per heavy atom. The van der Waals surface area contributed by atoms with Crippen LogP contribution in [0.2, 0.25) is 5.02 Å². The number of nitrogens with zero attached hydrogens (tertiary/aromatic N) is 2. The molecule has 0 atom stereocenters. The maximum absolute atomic E-state index is 12.4. The van der Waals surface area contributed by atoms with Gasteiger partial charge in [0.15, 0.2) is 0 Å². The van der Waals surface area contributed by atoms with E-state index in [9.17, 15) is 4.79 Å². The van der Waals surface area contributed by atoms with E-state index in [-0.39, 0.29) is 12.5 Å². The van der Waals surface area contributed by atoms with Gasteiger partial charge >= 0.3 is 0 Å². The predicted octanol–water partition coefficient (Wildman–Crippen LogP) is 4.95. The number of aromatic amines is 1. The summed E-state index contributed by atoms with van der Waals surface area (Å²) < 4.78 is 0. The first-order valence-electron chi connectivity index (χ1n) is 10.0. The van der Waals surface area contributed by atoms with Gasteiger partial charge in [-0.3, -0.25) is 14.8 Å². The zero-order valence-corrected chi connectivity index (χ0v) is 17.6. The molecule has 0 unspecified atom stereocenters. The van der Waals surface area contributed by atoms with Crippen molar-refractivity contribution < 1.29 is 4.79 Å². The molecule has 31 heavy (non-hydrogen) atoms. The van der Waals surface area contributed by atoms with E-state index >= 15 is 0 Å². The first-order valence-corrected chi connectivity index (χ1v) is 10.4. The van der Waals surface area contributed by atoms with Crippen molar-refractivity contribution >= 4 is 55.9 Å². The topological polar surface area (TPSA) is 82.7 Å². The van der Waals surface area contributed by atoms with Crippen molar-refractivity contribution in [2.45, 2.75) is 13.5 Å². The molecule has 3 N–H and O–H groups in total. The van der Waals surface area contributed by atoms with Crippen molar-refractivity contribution in [2.24, 2.45) is 0 Å². The average molecular weight is 430 g/mol. The van der Waals surface area contributed by atoms with Crippen LogP contribution in [0.1, 0.15) is 11.4 Å². The highest BCUT2D eigenvalue weighted by atomic mass is 35.5. The number of hydrogen-bond acceptors (Lipinski definition) is 4. The quantitative estimate of drug-likeness (QED) is 0.369. The number of rotatable bonds is 5. The summed E-state index contributed by atoms with van der Waals surface area (Å²) in [6.07, 6.45) is 1.70. The van der Waals surface area contributed by atoms with E-state index in [4.69, 9.17) is 11.6 Å². The predicted molar refractivity (Wildman–Crippen MR) is 125 cm³/mol. The van der Waals surface area contributed by atoms with Crippen molar-refractivity contribution in [1.82, 2.24) is 20.3 Å². The second kappa shape index (κ2) is 7.89. The summed E-state index contributed by atoms with van der Waals surface area (Å²) in [5, 5.41) is 9.95. The lowest BCUT2D eigenvalue weighted by molar-refractivity contribution is -0.119. The lowest BCUT2D eigenvalue weighted by Gasteiger charge is -2.10. The second-order valence-electron chi connectivity index (χ2n) is 7.44. The van der Waals surface area contributed by atoms with Crippen molar-refractivity contribution in [3.63, 3.8) is 0 Å². The Labute approximate surface area is 183 Å². The number of aryl methyl sites for hydroxylation is 1. The Bertz CT molecular complexity index is 1440. The van der Waals surface area contributed by atoms with E-state index in [0.29, 0.717) is 11.6 Å². The van der Waals surface area contributed by atoms with Gasteiger partial charge in [-0.25, -0.2) is 0 Å². The van der Waals surface area contributed by atoms with Crippen molar-refractivity contribution in [3.8, 4) is 0 Å². The molecule has 6 nitrogen and oxygen atoms in total. The maximum atomic E-state index is 12.4. The minimum Gasteiger partial charge on any atom is -0.376 e. The summed E-state index contributed by atoms with van der Waals surface area (Å²) in [4.78, 5) is 24.8. The number of benzene rings is 2. The molecule has 0 saturated heterocycles. The summed E-state index contributed by atoms with van der Waals surface area (Å²) >= 11 is 6.04. The lowest BCUT2D eigenvalue weighted by atomic mass is 10.1. The monoisotopic (exact) mass is 429 g/mol. The van der Waals surface area contributed by atoms with E-state index in [1.165, 1.54) is 0 Å². The molecule has 7 heteroatoms. The number of aromatic nitrogens is 3. The number of hydrogen-bond donors (Lipinski definition) is 3. The minimum absolute atomic E-state index is 0.114. The number of carbonyl (C=O) groups is 1. The molecule has 0 aliphatic rings. The molecule has 3 heterocycles. The fourth-order valence-electron chi connectivity index (χ4n) is 3.86. The van der Waals surface area contributed by atoms with Gasteiger partial charge in [0.25, 0.3) is 0 Å². The zero-order chi connectivity index (χ0) is 21.4. The number of anilines is 1. The smallest absolute Gasteiger partial charge is 0.239 e. The van der Waals surface area contributed by atoms with E-state index in [2.05, 4.69) is 37.7 Å². The van der Waals surface area contributed by atoms with Crippen LogP contribution in [0.25, 0.3) is 32.7 Å². The fraction of sp³-hybridized carbons (Fsp3) is 0.125. The van der Waals surface area contributed by atoms with Gasteiger partial charge in [0.1, 0.15) is 0 Å². The van der Waals surface area contributed by atoms with Gasteiger partial charge < -0.3 is 15.6 Å². The molecular weight excluding hydrogens is 410 g/mol. The van der Waals surface area contributed by atoms with Crippen LogP contribution >= 0.6 is 11.6 Å². The van der Waals surface area contributed by atoms with Crippen LogP contribution in [0.3, 0.4) is 0 Å². The minimum atomic E-state index is -0.114. The van der Waals surface area contributed by atoms with Gasteiger partial charge in [-0.1, -0.05) is 29.8 Å². The molecule has 0 radical (unpaired) electrons. The van der Waals surface area contributed by atoms with E-state index in [1.807, 2.05) is 43.3 Å². The van der Waals surface area contributed by atoms with Crippen LogP contribution in [0.4, 0.5) is 5.69 Å². The van der Waals surface area contributed by atoms with Gasteiger partial charge in [-0.05, 0) is 43.3 Å². The Kier molecular flexibility index (Phi) is 4.92. The van der Waals surface area contributed by atoms with Crippen LogP contribution in [-0.4, -0.2) is 27.4 Å². The van der Waals surface area contributed by atoms with E-state index in [1.54, 1.807) is 12.3 Å². The second-order valence-corrected chi connectivity index (χ2v) is 7.88. The molecule has 154 valence electrons. The third-order valence-electron chi connectivity index (χ3n) is 5.34. The Morgan fingerprint density at radius 1 is 1.06 bits per heavy atom. The lowest BCUT2D eigenvalue weighted by Crippen LogP contribution is -2.29. The molecule has 3 aromatic heterocycles. The molecule has 0 fully saturated rings. The molecule has 5 rings (SSSR count). The van der Waals surface area contributed by atoms with Crippen LogP contribution < -0.4 is 10.6 Å². The van der Waals surface area contributed by atoms with Gasteiger partial charge in [-0.15, -0.1) is 0 Å². The molecule has 1 amide bonds.